The van der Waals surface area contributed by atoms with Crippen molar-refractivity contribution in [2.75, 3.05) is 19.6 Å². The van der Waals surface area contributed by atoms with Crippen LogP contribution in [0.25, 0.3) is 11.3 Å². The molecular weight excluding hydrogens is 314 g/mol. The van der Waals surface area contributed by atoms with Gasteiger partial charge in [-0.2, -0.15) is 5.10 Å². The molecule has 1 fully saturated rings. The van der Waals surface area contributed by atoms with Crippen LogP contribution in [0.1, 0.15) is 19.3 Å². The smallest absolute Gasteiger partial charge is 0.317 e. The Morgan fingerprint density at radius 3 is 2.67 bits per heavy atom. The molecule has 0 radical (unpaired) electrons. The van der Waals surface area contributed by atoms with Gasteiger partial charge in [-0.05, 0) is 43.5 Å². The third-order valence-electron chi connectivity index (χ3n) is 4.12. The number of rotatable bonds is 4. The van der Waals surface area contributed by atoms with Crippen LogP contribution in [0.5, 0.6) is 0 Å². The number of carbonyl (C=O) groups excluding carboxylic acids is 1. The lowest BCUT2D eigenvalue weighted by molar-refractivity contribution is 0.186. The number of nitrogens with zero attached hydrogens (tertiary/aromatic N) is 3. The zero-order valence-electron chi connectivity index (χ0n) is 13.3. The van der Waals surface area contributed by atoms with Gasteiger partial charge in [-0.3, -0.25) is 4.68 Å². The van der Waals surface area contributed by atoms with E-state index in [-0.39, 0.29) is 6.03 Å². The number of piperidine rings is 1. The van der Waals surface area contributed by atoms with Gasteiger partial charge in [0.1, 0.15) is 0 Å². The molecule has 2 amide bonds. The predicted octanol–water partition coefficient (Wildman–Crippen LogP) is 3.02. The van der Waals surface area contributed by atoms with Crippen molar-refractivity contribution >= 4 is 6.03 Å². The lowest BCUT2D eigenvalue weighted by Crippen LogP contribution is -2.43. The molecular formula is C17H20F2N4O. The zero-order chi connectivity index (χ0) is 16.9. The first kappa shape index (κ1) is 16.4. The van der Waals surface area contributed by atoms with E-state index < -0.39 is 11.6 Å². The van der Waals surface area contributed by atoms with E-state index in [2.05, 4.69) is 10.4 Å². The molecule has 0 saturated carbocycles. The minimum atomic E-state index is -0.893. The normalized spacial score (nSPS) is 14.7. The van der Waals surface area contributed by atoms with Gasteiger partial charge in [-0.1, -0.05) is 0 Å². The van der Waals surface area contributed by atoms with E-state index >= 15 is 0 Å². The number of nitrogens with one attached hydrogen (secondary N) is 1. The lowest BCUT2D eigenvalue weighted by atomic mass is 10.1. The summed E-state index contributed by atoms with van der Waals surface area (Å²) in [6.45, 7) is 2.61. The van der Waals surface area contributed by atoms with Gasteiger partial charge in [0.15, 0.2) is 11.6 Å². The summed E-state index contributed by atoms with van der Waals surface area (Å²) in [5.74, 6) is -1.77. The number of amides is 2. The molecule has 7 heteroatoms. The summed E-state index contributed by atoms with van der Waals surface area (Å²) in [6, 6.07) is 5.40. The van der Waals surface area contributed by atoms with Crippen molar-refractivity contribution in [1.29, 1.82) is 0 Å². The number of halogens is 2. The predicted molar refractivity (Wildman–Crippen MR) is 86.4 cm³/mol. The average Bonchev–Trinajstić information content (AvgIpc) is 3.07. The quantitative estimate of drug-likeness (QED) is 0.934. The molecule has 0 bridgehead atoms. The second kappa shape index (κ2) is 7.42. The molecule has 0 atom stereocenters. The van der Waals surface area contributed by atoms with Crippen LogP contribution in [-0.2, 0) is 6.54 Å². The van der Waals surface area contributed by atoms with Crippen LogP contribution >= 0.6 is 0 Å². The summed E-state index contributed by atoms with van der Waals surface area (Å²) in [7, 11) is 0. The van der Waals surface area contributed by atoms with Crippen molar-refractivity contribution in [2.24, 2.45) is 0 Å². The van der Waals surface area contributed by atoms with Crippen molar-refractivity contribution < 1.29 is 13.6 Å². The van der Waals surface area contributed by atoms with Gasteiger partial charge in [-0.25, -0.2) is 13.6 Å². The highest BCUT2D eigenvalue weighted by molar-refractivity contribution is 5.74. The number of hydrogen-bond donors (Lipinski definition) is 1. The Bertz CT molecular complexity index is 710. The Balaban J connectivity index is 1.52. The second-order valence-corrected chi connectivity index (χ2v) is 5.87. The third-order valence-corrected chi connectivity index (χ3v) is 4.12. The molecule has 2 aromatic rings. The van der Waals surface area contributed by atoms with Crippen molar-refractivity contribution in [2.45, 2.75) is 25.8 Å². The third kappa shape index (κ3) is 3.90. The Morgan fingerprint density at radius 2 is 1.92 bits per heavy atom. The number of aromatic nitrogens is 2. The molecule has 0 unspecified atom stereocenters. The van der Waals surface area contributed by atoms with Crippen LogP contribution in [0.4, 0.5) is 13.6 Å². The van der Waals surface area contributed by atoms with Crippen molar-refractivity contribution in [1.82, 2.24) is 20.0 Å². The maximum Gasteiger partial charge on any atom is 0.317 e. The van der Waals surface area contributed by atoms with Crippen LogP contribution in [0.3, 0.4) is 0 Å². The molecule has 128 valence electrons. The molecule has 3 rings (SSSR count). The number of carbonyl (C=O) groups is 1. The summed E-state index contributed by atoms with van der Waals surface area (Å²) in [6.07, 6.45) is 5.06. The largest absolute Gasteiger partial charge is 0.336 e. The summed E-state index contributed by atoms with van der Waals surface area (Å²) >= 11 is 0. The standard InChI is InChI=1S/C17H20F2N4O/c18-14-5-4-13(12-15(14)19)16-6-10-23(21-16)11-7-20-17(24)22-8-2-1-3-9-22/h4-6,10,12H,1-3,7-9,11H2,(H,20,24). The van der Waals surface area contributed by atoms with Crippen molar-refractivity contribution in [3.8, 4) is 11.3 Å². The van der Waals surface area contributed by atoms with E-state index in [1.165, 1.54) is 12.5 Å². The molecule has 1 aliphatic rings. The molecule has 1 aromatic carbocycles. The molecule has 24 heavy (non-hydrogen) atoms. The lowest BCUT2D eigenvalue weighted by Gasteiger charge is -2.26. The van der Waals surface area contributed by atoms with Crippen LogP contribution in [0, 0.1) is 11.6 Å². The van der Waals surface area contributed by atoms with E-state index in [1.807, 2.05) is 4.90 Å². The number of urea groups is 1. The summed E-state index contributed by atoms with van der Waals surface area (Å²) in [5.41, 5.74) is 1.08. The minimum absolute atomic E-state index is 0.0392. The maximum atomic E-state index is 13.3. The molecule has 1 aromatic heterocycles. The molecule has 5 nitrogen and oxygen atoms in total. The van der Waals surface area contributed by atoms with Crippen LogP contribution in [-0.4, -0.2) is 40.3 Å². The van der Waals surface area contributed by atoms with E-state index in [9.17, 15) is 13.6 Å². The van der Waals surface area contributed by atoms with Crippen LogP contribution in [0.2, 0.25) is 0 Å². The fourth-order valence-electron chi connectivity index (χ4n) is 2.78. The Hall–Kier alpha value is -2.44. The van der Waals surface area contributed by atoms with Gasteiger partial charge in [0.2, 0.25) is 0 Å². The first-order valence-corrected chi connectivity index (χ1v) is 8.15. The minimum Gasteiger partial charge on any atom is -0.336 e. The Kier molecular flexibility index (Phi) is 5.08. The van der Waals surface area contributed by atoms with Crippen molar-refractivity contribution in [3.05, 3.63) is 42.1 Å². The molecule has 0 aliphatic carbocycles. The zero-order valence-corrected chi connectivity index (χ0v) is 13.3. The Morgan fingerprint density at radius 1 is 1.12 bits per heavy atom. The summed E-state index contributed by atoms with van der Waals surface area (Å²) in [5, 5.41) is 7.21. The number of hydrogen-bond acceptors (Lipinski definition) is 2. The van der Waals surface area contributed by atoms with Crippen LogP contribution < -0.4 is 5.32 Å². The van der Waals surface area contributed by atoms with Gasteiger partial charge >= 0.3 is 6.03 Å². The van der Waals surface area contributed by atoms with E-state index in [0.29, 0.717) is 24.3 Å². The molecule has 1 saturated heterocycles. The van der Waals surface area contributed by atoms with Crippen LogP contribution in [0.15, 0.2) is 30.5 Å². The van der Waals surface area contributed by atoms with Gasteiger partial charge in [0.25, 0.3) is 0 Å². The van der Waals surface area contributed by atoms with Gasteiger partial charge < -0.3 is 10.2 Å². The second-order valence-electron chi connectivity index (χ2n) is 5.87. The average molecular weight is 334 g/mol. The highest BCUT2D eigenvalue weighted by Gasteiger charge is 2.15. The molecule has 1 N–H and O–H groups in total. The highest BCUT2D eigenvalue weighted by atomic mass is 19.2. The monoisotopic (exact) mass is 334 g/mol. The Labute approximate surface area is 139 Å². The van der Waals surface area contributed by atoms with E-state index in [4.69, 9.17) is 0 Å². The van der Waals surface area contributed by atoms with E-state index in [1.54, 1.807) is 16.9 Å². The summed E-state index contributed by atoms with van der Waals surface area (Å²) < 4.78 is 27.9. The fraction of sp³-hybridized carbons (Fsp3) is 0.412. The molecule has 1 aliphatic heterocycles. The number of likely N-dealkylation sites (tertiary alicyclic amines) is 1. The highest BCUT2D eigenvalue weighted by Crippen LogP contribution is 2.19. The molecule has 0 spiro atoms. The molecule has 2 heterocycles. The topological polar surface area (TPSA) is 50.2 Å². The van der Waals surface area contributed by atoms with Gasteiger partial charge in [0, 0.05) is 31.4 Å². The number of benzene rings is 1. The maximum absolute atomic E-state index is 13.3. The fourth-order valence-corrected chi connectivity index (χ4v) is 2.78. The summed E-state index contributed by atoms with van der Waals surface area (Å²) in [4.78, 5) is 13.8. The first-order valence-electron chi connectivity index (χ1n) is 8.15. The van der Waals surface area contributed by atoms with E-state index in [0.717, 1.165) is 38.1 Å². The van der Waals surface area contributed by atoms with Crippen molar-refractivity contribution in [3.63, 3.8) is 0 Å². The van der Waals surface area contributed by atoms with Gasteiger partial charge in [0.05, 0.1) is 12.2 Å². The van der Waals surface area contributed by atoms with Gasteiger partial charge in [-0.15, -0.1) is 0 Å². The first-order chi connectivity index (χ1) is 11.6. The SMILES string of the molecule is O=C(NCCn1ccc(-c2ccc(F)c(F)c2)n1)N1CCCCC1.